The van der Waals surface area contributed by atoms with Gasteiger partial charge in [-0.1, -0.05) is 30.3 Å². The van der Waals surface area contributed by atoms with Crippen LogP contribution in [-0.4, -0.2) is 55.9 Å². The van der Waals surface area contributed by atoms with E-state index in [1.54, 1.807) is 81.6 Å². The van der Waals surface area contributed by atoms with Crippen LogP contribution >= 0.6 is 0 Å². The highest BCUT2D eigenvalue weighted by Crippen LogP contribution is 2.16. The van der Waals surface area contributed by atoms with E-state index in [0.29, 0.717) is 16.9 Å². The average molecular weight is 438 g/mol. The van der Waals surface area contributed by atoms with E-state index in [-0.39, 0.29) is 25.3 Å². The molecule has 0 saturated heterocycles. The standard InChI is InChI=1S/C24H26N2O6/c1-4-31-22(27)16-25-26(23(28)19-9-7-6-8-10-19)17-20(24(29)32-5-2)15-18-11-13-21(30-3)14-12-18/h6-16H,4-5,17H2,1-3H3/b20-15+,25-16+. The van der Waals surface area contributed by atoms with Crippen LogP contribution in [0.5, 0.6) is 5.75 Å². The Morgan fingerprint density at radius 3 is 2.19 bits per heavy atom. The van der Waals surface area contributed by atoms with Gasteiger partial charge in [-0.15, -0.1) is 0 Å². The number of benzene rings is 2. The molecule has 1 amide bonds. The highest BCUT2D eigenvalue weighted by Gasteiger charge is 2.21. The van der Waals surface area contributed by atoms with Crippen LogP contribution in [0.3, 0.4) is 0 Å². The summed E-state index contributed by atoms with van der Waals surface area (Å²) in [7, 11) is 1.56. The van der Waals surface area contributed by atoms with Gasteiger partial charge >= 0.3 is 11.9 Å². The Labute approximate surface area is 187 Å². The second-order valence-electron chi connectivity index (χ2n) is 6.39. The Kier molecular flexibility index (Phi) is 9.65. The summed E-state index contributed by atoms with van der Waals surface area (Å²) in [5.74, 6) is -1.12. The smallest absolute Gasteiger partial charge is 0.351 e. The fourth-order valence-corrected chi connectivity index (χ4v) is 2.65. The topological polar surface area (TPSA) is 94.5 Å². The Morgan fingerprint density at radius 2 is 1.59 bits per heavy atom. The van der Waals surface area contributed by atoms with Gasteiger partial charge in [0.15, 0.2) is 0 Å². The number of nitrogens with zero attached hydrogens (tertiary/aromatic N) is 2. The largest absolute Gasteiger partial charge is 0.497 e. The van der Waals surface area contributed by atoms with Crippen molar-refractivity contribution in [3.8, 4) is 5.75 Å². The quantitative estimate of drug-likeness (QED) is 0.244. The van der Waals surface area contributed by atoms with Crippen LogP contribution in [0.1, 0.15) is 29.8 Å². The predicted octanol–water partition coefficient (Wildman–Crippen LogP) is 3.33. The highest BCUT2D eigenvalue weighted by atomic mass is 16.5. The molecule has 0 N–H and O–H groups in total. The van der Waals surface area contributed by atoms with Crippen molar-refractivity contribution in [3.63, 3.8) is 0 Å². The number of rotatable bonds is 10. The van der Waals surface area contributed by atoms with E-state index in [4.69, 9.17) is 14.2 Å². The molecule has 2 aromatic rings. The summed E-state index contributed by atoms with van der Waals surface area (Å²) in [4.78, 5) is 37.4. The van der Waals surface area contributed by atoms with E-state index >= 15 is 0 Å². The van der Waals surface area contributed by atoms with Gasteiger partial charge in [0, 0.05) is 5.56 Å². The maximum Gasteiger partial charge on any atom is 0.351 e. The highest BCUT2D eigenvalue weighted by molar-refractivity contribution is 6.23. The Morgan fingerprint density at radius 1 is 0.938 bits per heavy atom. The van der Waals surface area contributed by atoms with Crippen LogP contribution in [0.4, 0.5) is 0 Å². The molecule has 0 heterocycles. The van der Waals surface area contributed by atoms with Crippen molar-refractivity contribution in [2.45, 2.75) is 13.8 Å². The van der Waals surface area contributed by atoms with Gasteiger partial charge in [-0.2, -0.15) is 5.10 Å². The van der Waals surface area contributed by atoms with E-state index in [9.17, 15) is 14.4 Å². The van der Waals surface area contributed by atoms with Crippen molar-refractivity contribution in [3.05, 3.63) is 71.3 Å². The zero-order valence-electron chi connectivity index (χ0n) is 18.3. The molecule has 0 atom stereocenters. The minimum Gasteiger partial charge on any atom is -0.497 e. The van der Waals surface area contributed by atoms with Crippen LogP contribution < -0.4 is 4.74 Å². The maximum atomic E-state index is 13.0. The van der Waals surface area contributed by atoms with Gasteiger partial charge < -0.3 is 14.2 Å². The number of amides is 1. The minimum atomic E-state index is -0.699. The fraction of sp³-hybridized carbons (Fsp3) is 0.250. The summed E-state index contributed by atoms with van der Waals surface area (Å²) in [6, 6.07) is 15.5. The molecule has 0 bridgehead atoms. The van der Waals surface area contributed by atoms with Crippen molar-refractivity contribution >= 4 is 30.1 Å². The van der Waals surface area contributed by atoms with Gasteiger partial charge in [-0.3, -0.25) is 4.79 Å². The third kappa shape index (κ3) is 7.39. The molecule has 0 spiro atoms. The zero-order chi connectivity index (χ0) is 23.3. The van der Waals surface area contributed by atoms with E-state index in [1.807, 2.05) is 0 Å². The molecule has 0 unspecified atom stereocenters. The van der Waals surface area contributed by atoms with Crippen molar-refractivity contribution < 1.29 is 28.6 Å². The van der Waals surface area contributed by atoms with Crippen LogP contribution in [0, 0.1) is 0 Å². The molecule has 0 aromatic heterocycles. The lowest BCUT2D eigenvalue weighted by atomic mass is 10.1. The molecular formula is C24H26N2O6. The summed E-state index contributed by atoms with van der Waals surface area (Å²) in [5, 5.41) is 5.01. The van der Waals surface area contributed by atoms with Crippen molar-refractivity contribution in [1.82, 2.24) is 5.01 Å². The third-order valence-corrected chi connectivity index (χ3v) is 4.16. The Bertz CT molecular complexity index is 968. The average Bonchev–Trinajstić information content (AvgIpc) is 2.82. The van der Waals surface area contributed by atoms with Crippen molar-refractivity contribution in [1.29, 1.82) is 0 Å². The number of hydrazone groups is 1. The minimum absolute atomic E-state index is 0.164. The second kappa shape index (κ2) is 12.7. The van der Waals surface area contributed by atoms with E-state index in [0.717, 1.165) is 11.2 Å². The summed E-state index contributed by atoms with van der Waals surface area (Å²) in [6.07, 6.45) is 2.50. The summed E-state index contributed by atoms with van der Waals surface area (Å²) in [6.45, 7) is 3.47. The predicted molar refractivity (Wildman–Crippen MR) is 120 cm³/mol. The molecular weight excluding hydrogens is 412 g/mol. The Hall–Kier alpha value is -3.94. The molecule has 0 fully saturated rings. The molecule has 0 aliphatic carbocycles. The molecule has 2 rings (SSSR count). The molecule has 2 aromatic carbocycles. The molecule has 8 heteroatoms. The molecule has 0 aliphatic rings. The summed E-state index contributed by atoms with van der Waals surface area (Å²) >= 11 is 0. The van der Waals surface area contributed by atoms with Crippen LogP contribution in [0.15, 0.2) is 65.3 Å². The van der Waals surface area contributed by atoms with E-state index in [2.05, 4.69) is 5.10 Å². The van der Waals surface area contributed by atoms with Gasteiger partial charge in [0.05, 0.1) is 32.4 Å². The van der Waals surface area contributed by atoms with E-state index < -0.39 is 17.8 Å². The van der Waals surface area contributed by atoms with Gasteiger partial charge in [-0.05, 0) is 49.8 Å². The molecule has 0 saturated carbocycles. The summed E-state index contributed by atoms with van der Waals surface area (Å²) in [5.41, 5.74) is 1.24. The number of hydrogen-bond acceptors (Lipinski definition) is 7. The lowest BCUT2D eigenvalue weighted by Crippen LogP contribution is -2.31. The number of esters is 2. The zero-order valence-corrected chi connectivity index (χ0v) is 18.3. The van der Waals surface area contributed by atoms with Crippen molar-refractivity contribution in [2.75, 3.05) is 26.9 Å². The number of carbonyl (C=O) groups is 3. The molecule has 0 radical (unpaired) electrons. The first-order valence-electron chi connectivity index (χ1n) is 10.1. The summed E-state index contributed by atoms with van der Waals surface area (Å²) < 4.78 is 15.2. The monoisotopic (exact) mass is 438 g/mol. The third-order valence-electron chi connectivity index (χ3n) is 4.16. The van der Waals surface area contributed by atoms with Gasteiger partial charge in [0.25, 0.3) is 5.91 Å². The lowest BCUT2D eigenvalue weighted by molar-refractivity contribution is -0.138. The van der Waals surface area contributed by atoms with E-state index in [1.165, 1.54) is 0 Å². The van der Waals surface area contributed by atoms with Gasteiger partial charge in [0.1, 0.15) is 12.0 Å². The first kappa shape index (κ1) is 24.3. The number of ether oxygens (including phenoxy) is 3. The second-order valence-corrected chi connectivity index (χ2v) is 6.39. The van der Waals surface area contributed by atoms with Crippen molar-refractivity contribution in [2.24, 2.45) is 5.10 Å². The first-order valence-corrected chi connectivity index (χ1v) is 10.1. The maximum absolute atomic E-state index is 13.0. The normalized spacial score (nSPS) is 11.2. The molecule has 32 heavy (non-hydrogen) atoms. The lowest BCUT2D eigenvalue weighted by Gasteiger charge is -2.18. The van der Waals surface area contributed by atoms with Crippen LogP contribution in [0.25, 0.3) is 6.08 Å². The van der Waals surface area contributed by atoms with Crippen LogP contribution in [0.2, 0.25) is 0 Å². The van der Waals surface area contributed by atoms with Gasteiger partial charge in [-0.25, -0.2) is 14.6 Å². The number of methoxy groups -OCH3 is 1. The molecule has 168 valence electrons. The Balaban J connectivity index is 2.40. The van der Waals surface area contributed by atoms with Gasteiger partial charge in [0.2, 0.25) is 0 Å². The molecule has 8 nitrogen and oxygen atoms in total. The first-order chi connectivity index (χ1) is 15.5. The number of hydrogen-bond donors (Lipinski definition) is 0. The SMILES string of the molecule is CCOC(=O)/C=N/N(C/C(=C\c1ccc(OC)cc1)C(=O)OCC)C(=O)c1ccccc1. The van der Waals surface area contributed by atoms with Crippen LogP contribution in [-0.2, 0) is 19.1 Å². The molecule has 0 aliphatic heterocycles. The fourth-order valence-electron chi connectivity index (χ4n) is 2.65. The number of carbonyl (C=O) groups excluding carboxylic acids is 3.